The Hall–Kier alpha value is -3.37. The van der Waals surface area contributed by atoms with Crippen LogP contribution in [0.1, 0.15) is 77.0 Å². The number of aromatic nitrogens is 2. The number of nitrogens with two attached hydrogens (primary N) is 1. The van der Waals surface area contributed by atoms with Gasteiger partial charge in [0, 0.05) is 41.1 Å². The molecule has 6 nitrogen and oxygen atoms in total. The van der Waals surface area contributed by atoms with E-state index in [0.29, 0.717) is 12.5 Å². The van der Waals surface area contributed by atoms with E-state index in [-0.39, 0.29) is 0 Å². The van der Waals surface area contributed by atoms with E-state index in [1.165, 1.54) is 31.4 Å². The Labute approximate surface area is 262 Å². The summed E-state index contributed by atoms with van der Waals surface area (Å²) >= 11 is 0. The second kappa shape index (κ2) is 15.4. The highest BCUT2D eigenvalue weighted by Crippen LogP contribution is 2.38. The van der Waals surface area contributed by atoms with Crippen LogP contribution in [0, 0.1) is 18.3 Å². The molecule has 0 amide bonds. The fourth-order valence-electron chi connectivity index (χ4n) is 6.00. The molecule has 1 heterocycles. The molecular formula is C36H54N6S. The fraction of sp³-hybridized carbons (Fsp3) is 0.500. The molecule has 1 aliphatic rings. The van der Waals surface area contributed by atoms with Gasteiger partial charge in [0.25, 0.3) is 0 Å². The SMILES string of the molecule is C#CCn1nccc1C(=C)NC(C)(C(=C)Nc1ccc(/C(C(C)=NCCCCS(C)(C)C)=C(\C)N)cc1)C1CCCCC1. The lowest BCUT2D eigenvalue weighted by molar-refractivity contribution is 0.232. The molecule has 1 unspecified atom stereocenters. The van der Waals surface area contributed by atoms with Crippen LogP contribution in [0.5, 0.6) is 0 Å². The average Bonchev–Trinajstić information content (AvgIpc) is 3.42. The van der Waals surface area contributed by atoms with Crippen molar-refractivity contribution < 1.29 is 0 Å². The van der Waals surface area contributed by atoms with Gasteiger partial charge < -0.3 is 16.4 Å². The zero-order valence-corrected chi connectivity index (χ0v) is 28.2. The lowest BCUT2D eigenvalue weighted by Crippen LogP contribution is -2.51. The minimum atomic E-state index is -0.455. The number of hydrogen-bond acceptors (Lipinski definition) is 5. The number of aliphatic imine (C=N–C) groups is 1. The normalized spacial score (nSPS) is 16.9. The number of rotatable bonds is 15. The lowest BCUT2D eigenvalue weighted by atomic mass is 9.73. The predicted molar refractivity (Wildman–Crippen MR) is 192 cm³/mol. The number of unbranched alkanes of at least 4 members (excludes halogenated alkanes) is 1. The molecule has 0 bridgehead atoms. The monoisotopic (exact) mass is 602 g/mol. The summed E-state index contributed by atoms with van der Waals surface area (Å²) in [5.41, 5.74) is 13.4. The molecule has 2 aromatic rings. The number of nitrogens with zero attached hydrogens (tertiary/aromatic N) is 3. The molecule has 1 fully saturated rings. The van der Waals surface area contributed by atoms with Gasteiger partial charge in [0.2, 0.25) is 0 Å². The summed E-state index contributed by atoms with van der Waals surface area (Å²) in [7, 11) is -0.455. The second-order valence-electron chi connectivity index (χ2n) is 12.9. The summed E-state index contributed by atoms with van der Waals surface area (Å²) in [5, 5.41) is 11.8. The first-order valence-corrected chi connectivity index (χ1v) is 18.5. The van der Waals surface area contributed by atoms with Crippen LogP contribution in [0.25, 0.3) is 11.3 Å². The average molecular weight is 603 g/mol. The minimum Gasteiger partial charge on any atom is -0.402 e. The maximum Gasteiger partial charge on any atom is 0.102 e. The summed E-state index contributed by atoms with van der Waals surface area (Å²) in [6.45, 7) is 16.4. The van der Waals surface area contributed by atoms with E-state index >= 15 is 0 Å². The summed E-state index contributed by atoms with van der Waals surface area (Å²) < 4.78 is 1.80. The number of nitrogens with one attached hydrogen (secondary N) is 2. The Morgan fingerprint density at radius 3 is 2.40 bits per heavy atom. The molecule has 1 aromatic heterocycles. The zero-order valence-electron chi connectivity index (χ0n) is 27.4. The molecule has 0 radical (unpaired) electrons. The van der Waals surface area contributed by atoms with Crippen molar-refractivity contribution in [3.05, 3.63) is 72.3 Å². The molecule has 1 aromatic carbocycles. The van der Waals surface area contributed by atoms with E-state index in [9.17, 15) is 0 Å². The van der Waals surface area contributed by atoms with Crippen molar-refractivity contribution in [3.8, 4) is 12.3 Å². The third-order valence-electron chi connectivity index (χ3n) is 8.46. The molecule has 43 heavy (non-hydrogen) atoms. The van der Waals surface area contributed by atoms with Gasteiger partial charge in [-0.05, 0) is 101 Å². The molecule has 234 valence electrons. The van der Waals surface area contributed by atoms with Gasteiger partial charge in [0.1, 0.15) is 6.54 Å². The van der Waals surface area contributed by atoms with Crippen LogP contribution < -0.4 is 16.4 Å². The third kappa shape index (κ3) is 9.56. The van der Waals surface area contributed by atoms with Gasteiger partial charge in [-0.2, -0.15) is 5.10 Å². The topological polar surface area (TPSA) is 80.3 Å². The van der Waals surface area contributed by atoms with Crippen LogP contribution in [0.2, 0.25) is 0 Å². The highest BCUT2D eigenvalue weighted by molar-refractivity contribution is 8.32. The standard InChI is InChI=1S/C36H54N6S/c1-10-25-42-34(22-24-39-42)28(3)41-36(6,32-16-12-11-13-17-32)30(5)40-33-20-18-31(19-21-33)35(27(2)37)29(4)38-23-14-15-26-43(7,8)9/h1,18-22,24,32,40-41H,3,5,11-17,23,25-26,37H2,2,4,6-9H3/b35-27+,38-29?. The van der Waals surface area contributed by atoms with Gasteiger partial charge in [-0.1, -0.05) is 50.5 Å². The van der Waals surface area contributed by atoms with Crippen molar-refractivity contribution >= 4 is 32.7 Å². The third-order valence-corrected chi connectivity index (χ3v) is 9.98. The van der Waals surface area contributed by atoms with Crippen LogP contribution in [-0.2, 0) is 6.54 Å². The number of anilines is 1. The van der Waals surface area contributed by atoms with Gasteiger partial charge in [-0.25, -0.2) is 10.0 Å². The Kier molecular flexibility index (Phi) is 12.2. The number of allylic oxidation sites excluding steroid dienone is 2. The maximum absolute atomic E-state index is 6.37. The zero-order chi connectivity index (χ0) is 31.6. The Morgan fingerprint density at radius 1 is 1.12 bits per heavy atom. The molecule has 0 saturated heterocycles. The summed E-state index contributed by atoms with van der Waals surface area (Å²) in [4.78, 5) is 4.89. The number of benzene rings is 1. The lowest BCUT2D eigenvalue weighted by Gasteiger charge is -2.43. The van der Waals surface area contributed by atoms with Gasteiger partial charge in [-0.15, -0.1) is 6.42 Å². The van der Waals surface area contributed by atoms with E-state index in [2.05, 4.69) is 91.7 Å². The molecule has 1 aliphatic carbocycles. The maximum atomic E-state index is 6.37. The summed E-state index contributed by atoms with van der Waals surface area (Å²) in [6, 6.07) is 10.4. The Bertz CT molecular complexity index is 1340. The van der Waals surface area contributed by atoms with E-state index < -0.39 is 15.6 Å². The number of terminal acetylenes is 1. The predicted octanol–water partition coefficient (Wildman–Crippen LogP) is 7.67. The highest BCUT2D eigenvalue weighted by atomic mass is 32.3. The molecule has 1 atom stereocenters. The first-order chi connectivity index (χ1) is 20.4. The van der Waals surface area contributed by atoms with Crippen molar-refractivity contribution in [2.45, 2.75) is 77.8 Å². The van der Waals surface area contributed by atoms with Crippen LogP contribution in [0.3, 0.4) is 0 Å². The van der Waals surface area contributed by atoms with Crippen molar-refractivity contribution in [2.24, 2.45) is 16.6 Å². The highest BCUT2D eigenvalue weighted by Gasteiger charge is 2.38. The van der Waals surface area contributed by atoms with E-state index in [1.54, 1.807) is 10.9 Å². The van der Waals surface area contributed by atoms with Crippen molar-refractivity contribution in [1.29, 1.82) is 0 Å². The quantitative estimate of drug-likeness (QED) is 0.111. The number of hydrogen-bond donors (Lipinski definition) is 3. The minimum absolute atomic E-state index is 0.398. The van der Waals surface area contributed by atoms with Crippen molar-refractivity contribution in [2.75, 3.05) is 36.4 Å². The van der Waals surface area contributed by atoms with Gasteiger partial charge in [-0.3, -0.25) is 9.67 Å². The fourth-order valence-corrected chi connectivity index (χ4v) is 7.07. The first-order valence-electron chi connectivity index (χ1n) is 15.5. The molecule has 4 N–H and O–H groups in total. The molecular weight excluding hydrogens is 549 g/mol. The smallest absolute Gasteiger partial charge is 0.102 e. The van der Waals surface area contributed by atoms with E-state index in [1.807, 2.05) is 13.0 Å². The second-order valence-corrected chi connectivity index (χ2v) is 17.5. The molecule has 3 rings (SSSR count). The van der Waals surface area contributed by atoms with E-state index in [4.69, 9.17) is 17.1 Å². The summed E-state index contributed by atoms with van der Waals surface area (Å²) in [5.74, 6) is 4.38. The Balaban J connectivity index is 1.76. The summed E-state index contributed by atoms with van der Waals surface area (Å²) in [6.07, 6.45) is 22.8. The molecule has 1 saturated carbocycles. The van der Waals surface area contributed by atoms with E-state index in [0.717, 1.165) is 71.1 Å². The van der Waals surface area contributed by atoms with Crippen LogP contribution in [-0.4, -0.2) is 52.1 Å². The van der Waals surface area contributed by atoms with Crippen LogP contribution in [0.4, 0.5) is 5.69 Å². The van der Waals surface area contributed by atoms with Crippen LogP contribution in [0.15, 0.2) is 66.1 Å². The molecule has 0 aliphatic heterocycles. The van der Waals surface area contributed by atoms with Crippen molar-refractivity contribution in [1.82, 2.24) is 15.1 Å². The first kappa shape index (κ1) is 34.1. The van der Waals surface area contributed by atoms with Gasteiger partial charge >= 0.3 is 0 Å². The van der Waals surface area contributed by atoms with Crippen LogP contribution >= 0.6 is 10.0 Å². The largest absolute Gasteiger partial charge is 0.402 e. The molecule has 7 heteroatoms. The van der Waals surface area contributed by atoms with Gasteiger partial charge in [0.15, 0.2) is 0 Å². The Morgan fingerprint density at radius 2 is 1.79 bits per heavy atom. The van der Waals surface area contributed by atoms with Gasteiger partial charge in [0.05, 0.1) is 16.9 Å². The molecule has 0 spiro atoms. The van der Waals surface area contributed by atoms with Crippen molar-refractivity contribution in [3.63, 3.8) is 0 Å².